The second-order valence-electron chi connectivity index (χ2n) is 5.26. The molecule has 0 bridgehead atoms. The Morgan fingerprint density at radius 1 is 1.32 bits per heavy atom. The van der Waals surface area contributed by atoms with Crippen molar-refractivity contribution in [2.45, 2.75) is 32.8 Å². The summed E-state index contributed by atoms with van der Waals surface area (Å²) in [6.45, 7) is 7.07. The first kappa shape index (κ1) is 14.4. The van der Waals surface area contributed by atoms with E-state index < -0.39 is 0 Å². The van der Waals surface area contributed by atoms with Crippen molar-refractivity contribution in [2.75, 3.05) is 19.5 Å². The molecule has 104 valence electrons. The van der Waals surface area contributed by atoms with E-state index in [9.17, 15) is 0 Å². The van der Waals surface area contributed by atoms with Crippen molar-refractivity contribution >= 4 is 27.8 Å². The number of thiazole rings is 2. The zero-order chi connectivity index (χ0) is 14.0. The Bertz CT molecular complexity index is 554. The second-order valence-corrected chi connectivity index (χ2v) is 7.20. The molecule has 0 aliphatic heterocycles. The smallest absolute Gasteiger partial charge is 0.182 e. The summed E-state index contributed by atoms with van der Waals surface area (Å²) in [6, 6.07) is 0. The zero-order valence-electron chi connectivity index (χ0n) is 11.9. The first-order valence-electron chi connectivity index (χ1n) is 6.08. The number of aromatic nitrogens is 2. The monoisotopic (exact) mass is 297 g/mol. The van der Waals surface area contributed by atoms with Crippen molar-refractivity contribution in [3.8, 4) is 10.6 Å². The molecular weight excluding hydrogens is 278 g/mol. The van der Waals surface area contributed by atoms with Crippen molar-refractivity contribution in [3.05, 3.63) is 16.1 Å². The Morgan fingerprint density at radius 3 is 2.58 bits per heavy atom. The molecule has 2 rings (SSSR count). The molecule has 0 saturated carbocycles. The van der Waals surface area contributed by atoms with Crippen molar-refractivity contribution in [2.24, 2.45) is 0 Å². The Morgan fingerprint density at radius 2 is 2.05 bits per heavy atom. The summed E-state index contributed by atoms with van der Waals surface area (Å²) in [4.78, 5) is 10.5. The summed E-state index contributed by atoms with van der Waals surface area (Å²) >= 11 is 3.28. The number of hydrogen-bond donors (Lipinski definition) is 1. The number of methoxy groups -OCH3 is 1. The highest BCUT2D eigenvalue weighted by molar-refractivity contribution is 7.16. The molecule has 0 unspecified atom stereocenters. The summed E-state index contributed by atoms with van der Waals surface area (Å²) in [5, 5.41) is 7.08. The van der Waals surface area contributed by atoms with Gasteiger partial charge in [-0.2, -0.15) is 0 Å². The highest BCUT2D eigenvalue weighted by Gasteiger charge is 2.25. The van der Waals surface area contributed by atoms with Gasteiger partial charge in [0.25, 0.3) is 0 Å². The highest BCUT2D eigenvalue weighted by Crippen LogP contribution is 2.38. The number of ether oxygens (including phenoxy) is 1. The lowest BCUT2D eigenvalue weighted by Crippen LogP contribution is -2.13. The summed E-state index contributed by atoms with van der Waals surface area (Å²) in [5.41, 5.74) is 2.10. The van der Waals surface area contributed by atoms with Crippen LogP contribution in [0.5, 0.6) is 0 Å². The van der Waals surface area contributed by atoms with Crippen molar-refractivity contribution in [3.63, 3.8) is 0 Å². The number of anilines is 1. The minimum Gasteiger partial charge on any atom is -0.378 e. The summed E-state index contributed by atoms with van der Waals surface area (Å²) in [7, 11) is 3.58. The molecule has 2 aromatic rings. The molecule has 6 heteroatoms. The Balaban J connectivity index is 2.47. The fraction of sp³-hybridized carbons (Fsp3) is 0.538. The van der Waals surface area contributed by atoms with E-state index in [-0.39, 0.29) is 5.41 Å². The van der Waals surface area contributed by atoms with Crippen molar-refractivity contribution in [1.29, 1.82) is 0 Å². The first-order valence-corrected chi connectivity index (χ1v) is 7.78. The molecule has 2 aromatic heterocycles. The lowest BCUT2D eigenvalue weighted by atomic mass is 9.91. The molecule has 0 aliphatic carbocycles. The van der Waals surface area contributed by atoms with Gasteiger partial charge in [0.15, 0.2) is 5.13 Å². The van der Waals surface area contributed by atoms with Gasteiger partial charge in [-0.3, -0.25) is 0 Å². The van der Waals surface area contributed by atoms with Gasteiger partial charge in [-0.25, -0.2) is 9.97 Å². The maximum absolute atomic E-state index is 5.19. The molecule has 0 radical (unpaired) electrons. The Kier molecular flexibility index (Phi) is 4.23. The first-order chi connectivity index (χ1) is 8.95. The third-order valence-corrected chi connectivity index (χ3v) is 4.51. The fourth-order valence-electron chi connectivity index (χ4n) is 1.72. The van der Waals surface area contributed by atoms with E-state index in [1.54, 1.807) is 29.8 Å². The van der Waals surface area contributed by atoms with Gasteiger partial charge in [0, 0.05) is 25.0 Å². The third-order valence-electron chi connectivity index (χ3n) is 2.60. The number of nitrogens with one attached hydrogen (secondary N) is 1. The molecule has 0 fully saturated rings. The molecule has 0 atom stereocenters. The molecule has 0 saturated heterocycles. The van der Waals surface area contributed by atoms with E-state index in [0.29, 0.717) is 6.61 Å². The van der Waals surface area contributed by atoms with Crippen LogP contribution in [0.3, 0.4) is 0 Å². The number of hydrogen-bond acceptors (Lipinski definition) is 6. The topological polar surface area (TPSA) is 47.0 Å². The van der Waals surface area contributed by atoms with E-state index in [1.807, 2.05) is 7.05 Å². The number of nitrogens with zero attached hydrogens (tertiary/aromatic N) is 2. The number of rotatable bonds is 4. The predicted octanol–water partition coefficient (Wildman–Crippen LogP) is 3.75. The standard InChI is InChI=1S/C13H19N3OS2/c1-13(2,3)11-10(19-9(16-11)6-17-5)8-7-18-12(14-4)15-8/h7H,6H2,1-5H3,(H,14,15). The van der Waals surface area contributed by atoms with Crippen LogP contribution in [0, 0.1) is 0 Å². The van der Waals surface area contributed by atoms with E-state index in [4.69, 9.17) is 9.72 Å². The normalized spacial score (nSPS) is 11.8. The van der Waals surface area contributed by atoms with Crippen LogP contribution in [0.15, 0.2) is 5.38 Å². The van der Waals surface area contributed by atoms with Gasteiger partial charge in [-0.15, -0.1) is 22.7 Å². The van der Waals surface area contributed by atoms with Gasteiger partial charge in [-0.1, -0.05) is 20.8 Å². The van der Waals surface area contributed by atoms with Gasteiger partial charge in [0.1, 0.15) is 5.01 Å². The van der Waals surface area contributed by atoms with Crippen LogP contribution in [0.25, 0.3) is 10.6 Å². The Labute approximate surface area is 121 Å². The molecule has 4 nitrogen and oxygen atoms in total. The molecule has 2 heterocycles. The molecule has 0 aliphatic rings. The minimum atomic E-state index is 0.00124. The molecule has 0 amide bonds. The lowest BCUT2D eigenvalue weighted by Gasteiger charge is -2.16. The second kappa shape index (κ2) is 5.56. The maximum atomic E-state index is 5.19. The van der Waals surface area contributed by atoms with Gasteiger partial charge < -0.3 is 10.1 Å². The Hall–Kier alpha value is -0.980. The largest absolute Gasteiger partial charge is 0.378 e. The lowest BCUT2D eigenvalue weighted by molar-refractivity contribution is 0.184. The van der Waals surface area contributed by atoms with Crippen LogP contribution >= 0.6 is 22.7 Å². The van der Waals surface area contributed by atoms with Gasteiger partial charge in [0.05, 0.1) is 22.9 Å². The van der Waals surface area contributed by atoms with Crippen LogP contribution in [-0.4, -0.2) is 24.1 Å². The van der Waals surface area contributed by atoms with E-state index in [0.717, 1.165) is 26.4 Å². The maximum Gasteiger partial charge on any atom is 0.182 e. The van der Waals surface area contributed by atoms with E-state index in [1.165, 1.54) is 0 Å². The average Bonchev–Trinajstić information content (AvgIpc) is 2.93. The van der Waals surface area contributed by atoms with Gasteiger partial charge in [0.2, 0.25) is 0 Å². The zero-order valence-corrected chi connectivity index (χ0v) is 13.5. The van der Waals surface area contributed by atoms with Crippen LogP contribution in [0.4, 0.5) is 5.13 Å². The average molecular weight is 297 g/mol. The molecule has 19 heavy (non-hydrogen) atoms. The van der Waals surface area contributed by atoms with Gasteiger partial charge >= 0.3 is 0 Å². The van der Waals surface area contributed by atoms with Crippen LogP contribution in [-0.2, 0) is 16.8 Å². The van der Waals surface area contributed by atoms with Crippen LogP contribution in [0.1, 0.15) is 31.5 Å². The van der Waals surface area contributed by atoms with Gasteiger partial charge in [-0.05, 0) is 0 Å². The third kappa shape index (κ3) is 3.13. The van der Waals surface area contributed by atoms with Crippen molar-refractivity contribution in [1.82, 2.24) is 9.97 Å². The van der Waals surface area contributed by atoms with E-state index in [2.05, 4.69) is 36.5 Å². The highest BCUT2D eigenvalue weighted by atomic mass is 32.1. The van der Waals surface area contributed by atoms with E-state index >= 15 is 0 Å². The molecule has 0 aromatic carbocycles. The summed E-state index contributed by atoms with van der Waals surface area (Å²) in [5.74, 6) is 0. The fourth-order valence-corrected chi connectivity index (χ4v) is 3.67. The molecular formula is C13H19N3OS2. The van der Waals surface area contributed by atoms with Crippen molar-refractivity contribution < 1.29 is 4.74 Å². The molecule has 1 N–H and O–H groups in total. The summed E-state index contributed by atoms with van der Waals surface area (Å²) < 4.78 is 5.19. The predicted molar refractivity (Wildman–Crippen MR) is 82.2 cm³/mol. The minimum absolute atomic E-state index is 0.00124. The SMILES string of the molecule is CNc1nc(-c2sc(COC)nc2C(C)(C)C)cs1. The van der Waals surface area contributed by atoms with Crippen LogP contribution < -0.4 is 5.32 Å². The van der Waals surface area contributed by atoms with Crippen LogP contribution in [0.2, 0.25) is 0 Å². The molecule has 0 spiro atoms. The quantitative estimate of drug-likeness (QED) is 0.933. The summed E-state index contributed by atoms with van der Waals surface area (Å²) in [6.07, 6.45) is 0.